The van der Waals surface area contributed by atoms with Gasteiger partial charge < -0.3 is 15.4 Å². The molecule has 22 heavy (non-hydrogen) atoms. The van der Waals surface area contributed by atoms with Crippen LogP contribution in [0.4, 0.5) is 5.69 Å². The molecule has 2 N–H and O–H groups in total. The highest BCUT2D eigenvalue weighted by atomic mass is 16.5. The van der Waals surface area contributed by atoms with Gasteiger partial charge in [-0.25, -0.2) is 0 Å². The highest BCUT2D eigenvalue weighted by Crippen LogP contribution is 2.23. The number of nitrogens with zero attached hydrogens (tertiary/aromatic N) is 1. The van der Waals surface area contributed by atoms with Gasteiger partial charge in [-0.3, -0.25) is 9.78 Å². The number of anilines is 1. The standard InChI is InChI=1S/C17H19N3O2/c1-12-9-19-11-16(12)17(21)20-13-4-6-14(7-5-13)22-15-3-2-8-18-10-15/h2-8,10,12,16,19H,9,11H2,1H3,(H,20,21)/t12-,16-/m0/s1. The van der Waals surface area contributed by atoms with Crippen LogP contribution in [0.25, 0.3) is 0 Å². The molecule has 0 spiro atoms. The minimum atomic E-state index is 0.0336. The number of ether oxygens (including phenoxy) is 1. The molecule has 1 amide bonds. The number of nitrogens with one attached hydrogen (secondary N) is 2. The van der Waals surface area contributed by atoms with E-state index in [1.165, 1.54) is 0 Å². The molecule has 1 saturated heterocycles. The van der Waals surface area contributed by atoms with Gasteiger partial charge in [0.15, 0.2) is 0 Å². The summed E-state index contributed by atoms with van der Waals surface area (Å²) in [5.41, 5.74) is 0.780. The van der Waals surface area contributed by atoms with Gasteiger partial charge in [0.2, 0.25) is 5.91 Å². The van der Waals surface area contributed by atoms with E-state index in [2.05, 4.69) is 22.5 Å². The topological polar surface area (TPSA) is 63.2 Å². The minimum Gasteiger partial charge on any atom is -0.456 e. The Bertz CT molecular complexity index is 628. The number of carbonyl (C=O) groups excluding carboxylic acids is 1. The summed E-state index contributed by atoms with van der Waals surface area (Å²) in [5, 5.41) is 6.20. The van der Waals surface area contributed by atoms with Gasteiger partial charge in [0.25, 0.3) is 0 Å². The van der Waals surface area contributed by atoms with Crippen LogP contribution in [0.2, 0.25) is 0 Å². The molecule has 1 aliphatic rings. The minimum absolute atomic E-state index is 0.0336. The number of amides is 1. The zero-order chi connectivity index (χ0) is 15.4. The first kappa shape index (κ1) is 14.5. The fraction of sp³-hybridized carbons (Fsp3) is 0.294. The molecule has 0 radical (unpaired) electrons. The maximum Gasteiger partial charge on any atom is 0.229 e. The van der Waals surface area contributed by atoms with Crippen molar-refractivity contribution >= 4 is 11.6 Å². The van der Waals surface area contributed by atoms with Crippen molar-refractivity contribution in [3.05, 3.63) is 48.8 Å². The summed E-state index contributed by atoms with van der Waals surface area (Å²) >= 11 is 0. The second-order valence-corrected chi connectivity index (χ2v) is 5.55. The van der Waals surface area contributed by atoms with E-state index in [0.717, 1.165) is 18.8 Å². The molecule has 1 aliphatic heterocycles. The number of rotatable bonds is 4. The third-order valence-electron chi connectivity index (χ3n) is 3.85. The SMILES string of the molecule is C[C@H]1CNC[C@@H]1C(=O)Nc1ccc(Oc2cccnc2)cc1. The Hall–Kier alpha value is -2.40. The second-order valence-electron chi connectivity index (χ2n) is 5.55. The van der Waals surface area contributed by atoms with Gasteiger partial charge in [-0.2, -0.15) is 0 Å². The van der Waals surface area contributed by atoms with Crippen LogP contribution in [0.5, 0.6) is 11.5 Å². The number of pyridine rings is 1. The molecule has 2 atom stereocenters. The quantitative estimate of drug-likeness (QED) is 0.910. The summed E-state index contributed by atoms with van der Waals surface area (Å²) in [4.78, 5) is 16.2. The molecule has 0 aliphatic carbocycles. The Morgan fingerprint density at radius 2 is 2.05 bits per heavy atom. The molecule has 1 aromatic heterocycles. The average Bonchev–Trinajstić information content (AvgIpc) is 2.96. The highest BCUT2D eigenvalue weighted by molar-refractivity contribution is 5.93. The lowest BCUT2D eigenvalue weighted by atomic mass is 9.97. The van der Waals surface area contributed by atoms with E-state index >= 15 is 0 Å². The van der Waals surface area contributed by atoms with Gasteiger partial charge in [-0.1, -0.05) is 6.92 Å². The molecule has 1 fully saturated rings. The molecule has 0 bridgehead atoms. The summed E-state index contributed by atoms with van der Waals surface area (Å²) in [6, 6.07) is 11.0. The largest absolute Gasteiger partial charge is 0.456 e. The van der Waals surface area contributed by atoms with Gasteiger partial charge >= 0.3 is 0 Å². The Balaban J connectivity index is 1.61. The fourth-order valence-electron chi connectivity index (χ4n) is 2.55. The number of aromatic nitrogens is 1. The fourth-order valence-corrected chi connectivity index (χ4v) is 2.55. The van der Waals surface area contributed by atoms with Gasteiger partial charge in [0.05, 0.1) is 12.1 Å². The van der Waals surface area contributed by atoms with Crippen molar-refractivity contribution in [2.24, 2.45) is 11.8 Å². The lowest BCUT2D eigenvalue weighted by Crippen LogP contribution is -2.27. The van der Waals surface area contributed by atoms with Crippen LogP contribution in [0, 0.1) is 11.8 Å². The molecule has 5 heteroatoms. The maximum atomic E-state index is 12.2. The number of hydrogen-bond donors (Lipinski definition) is 2. The van der Waals surface area contributed by atoms with Gasteiger partial charge in [0.1, 0.15) is 11.5 Å². The van der Waals surface area contributed by atoms with Crippen LogP contribution in [0.1, 0.15) is 6.92 Å². The summed E-state index contributed by atoms with van der Waals surface area (Å²) in [6.45, 7) is 3.74. The van der Waals surface area contributed by atoms with Gasteiger partial charge in [0, 0.05) is 18.4 Å². The van der Waals surface area contributed by atoms with Crippen molar-refractivity contribution in [2.45, 2.75) is 6.92 Å². The van der Waals surface area contributed by atoms with E-state index in [-0.39, 0.29) is 11.8 Å². The summed E-state index contributed by atoms with van der Waals surface area (Å²) in [5.74, 6) is 1.87. The monoisotopic (exact) mass is 297 g/mol. The third kappa shape index (κ3) is 3.43. The van der Waals surface area contributed by atoms with E-state index < -0.39 is 0 Å². The van der Waals surface area contributed by atoms with Crippen molar-refractivity contribution in [1.29, 1.82) is 0 Å². The van der Waals surface area contributed by atoms with Crippen LogP contribution in [0.15, 0.2) is 48.8 Å². The molecule has 0 saturated carbocycles. The highest BCUT2D eigenvalue weighted by Gasteiger charge is 2.29. The zero-order valence-electron chi connectivity index (χ0n) is 12.5. The van der Waals surface area contributed by atoms with E-state index in [0.29, 0.717) is 17.4 Å². The molecular formula is C17H19N3O2. The Morgan fingerprint density at radius 1 is 1.23 bits per heavy atom. The average molecular weight is 297 g/mol. The van der Waals surface area contributed by atoms with E-state index in [1.54, 1.807) is 12.4 Å². The molecule has 1 aromatic carbocycles. The van der Waals surface area contributed by atoms with Gasteiger partial charge in [-0.05, 0) is 48.9 Å². The van der Waals surface area contributed by atoms with Crippen LogP contribution in [-0.4, -0.2) is 24.0 Å². The van der Waals surface area contributed by atoms with E-state index in [1.807, 2.05) is 36.4 Å². The molecule has 5 nitrogen and oxygen atoms in total. The number of benzene rings is 1. The molecule has 3 rings (SSSR count). The molecule has 114 valence electrons. The van der Waals surface area contributed by atoms with Crippen LogP contribution < -0.4 is 15.4 Å². The van der Waals surface area contributed by atoms with Crippen LogP contribution in [0.3, 0.4) is 0 Å². The van der Waals surface area contributed by atoms with Crippen molar-refractivity contribution in [3.63, 3.8) is 0 Å². The second kappa shape index (κ2) is 6.58. The first-order chi connectivity index (χ1) is 10.7. The molecule has 0 unspecified atom stereocenters. The lowest BCUT2D eigenvalue weighted by molar-refractivity contribution is -0.120. The summed E-state index contributed by atoms with van der Waals surface area (Å²) < 4.78 is 5.67. The van der Waals surface area contributed by atoms with E-state index in [9.17, 15) is 4.79 Å². The Labute approximate surface area is 129 Å². The first-order valence-electron chi connectivity index (χ1n) is 7.42. The predicted molar refractivity (Wildman–Crippen MR) is 84.9 cm³/mol. The number of hydrogen-bond acceptors (Lipinski definition) is 4. The number of carbonyl (C=O) groups is 1. The molecular weight excluding hydrogens is 278 g/mol. The predicted octanol–water partition coefficient (Wildman–Crippen LogP) is 2.67. The third-order valence-corrected chi connectivity index (χ3v) is 3.85. The summed E-state index contributed by atoms with van der Waals surface area (Å²) in [7, 11) is 0. The van der Waals surface area contributed by atoms with Gasteiger partial charge in [-0.15, -0.1) is 0 Å². The smallest absolute Gasteiger partial charge is 0.229 e. The van der Waals surface area contributed by atoms with E-state index in [4.69, 9.17) is 4.74 Å². The molecule has 2 aromatic rings. The van der Waals surface area contributed by atoms with Crippen molar-refractivity contribution in [1.82, 2.24) is 10.3 Å². The Morgan fingerprint density at radius 3 is 2.68 bits per heavy atom. The maximum absolute atomic E-state index is 12.2. The first-order valence-corrected chi connectivity index (χ1v) is 7.42. The normalized spacial score (nSPS) is 20.6. The van der Waals surface area contributed by atoms with Crippen molar-refractivity contribution in [3.8, 4) is 11.5 Å². The van der Waals surface area contributed by atoms with Crippen molar-refractivity contribution in [2.75, 3.05) is 18.4 Å². The lowest BCUT2D eigenvalue weighted by Gasteiger charge is -2.14. The summed E-state index contributed by atoms with van der Waals surface area (Å²) in [6.07, 6.45) is 3.36. The van der Waals surface area contributed by atoms with Crippen LogP contribution >= 0.6 is 0 Å². The Kier molecular flexibility index (Phi) is 4.34. The van der Waals surface area contributed by atoms with Crippen LogP contribution in [-0.2, 0) is 4.79 Å². The van der Waals surface area contributed by atoms with Crippen molar-refractivity contribution < 1.29 is 9.53 Å². The molecule has 2 heterocycles. The zero-order valence-corrected chi connectivity index (χ0v) is 12.5.